The molecule has 2 N–H and O–H groups in total. The molecule has 0 spiro atoms. The van der Waals surface area contributed by atoms with Crippen LogP contribution in [0.2, 0.25) is 5.02 Å². The highest BCUT2D eigenvalue weighted by atomic mass is 35.5. The highest BCUT2D eigenvalue weighted by molar-refractivity contribution is 7.99. The van der Waals surface area contributed by atoms with Gasteiger partial charge < -0.3 is 10.4 Å². The summed E-state index contributed by atoms with van der Waals surface area (Å²) < 4.78 is 0. The van der Waals surface area contributed by atoms with Crippen molar-refractivity contribution in [3.05, 3.63) is 29.3 Å². The topological polar surface area (TPSA) is 49.3 Å². The Hall–Kier alpha value is -0.710. The molecule has 106 valence electrons. The molecule has 0 radical (unpaired) electrons. The zero-order valence-corrected chi connectivity index (χ0v) is 12.6. The maximum Gasteiger partial charge on any atom is 0.221 e. The molecule has 5 heteroatoms. The van der Waals surface area contributed by atoms with E-state index >= 15 is 0 Å². The molecule has 0 bridgehead atoms. The lowest BCUT2D eigenvalue weighted by Crippen LogP contribution is -2.35. The number of aliphatic hydroxyl groups is 1. The Kier molecular flexibility index (Phi) is 7.94. The van der Waals surface area contributed by atoms with E-state index < -0.39 is 0 Å². The van der Waals surface area contributed by atoms with Crippen molar-refractivity contribution < 1.29 is 9.90 Å². The molecule has 1 aromatic rings. The van der Waals surface area contributed by atoms with Crippen LogP contribution < -0.4 is 5.32 Å². The number of hydrogen-bond acceptors (Lipinski definition) is 3. The first-order chi connectivity index (χ1) is 9.15. The van der Waals surface area contributed by atoms with Crippen LogP contribution in [0.5, 0.6) is 0 Å². The fraction of sp³-hybridized carbons (Fsp3) is 0.500. The number of carbonyl (C=O) groups excluding carboxylic acids is 1. The van der Waals surface area contributed by atoms with Crippen molar-refractivity contribution in [2.45, 2.75) is 37.1 Å². The van der Waals surface area contributed by atoms with Crippen LogP contribution in [0.1, 0.15) is 26.2 Å². The van der Waals surface area contributed by atoms with Gasteiger partial charge in [0.05, 0.1) is 0 Å². The van der Waals surface area contributed by atoms with E-state index in [9.17, 15) is 4.79 Å². The van der Waals surface area contributed by atoms with E-state index in [0.29, 0.717) is 12.8 Å². The summed E-state index contributed by atoms with van der Waals surface area (Å²) in [6.45, 7) is 2.11. The molecule has 0 fully saturated rings. The maximum atomic E-state index is 11.7. The van der Waals surface area contributed by atoms with Gasteiger partial charge >= 0.3 is 0 Å². The van der Waals surface area contributed by atoms with Crippen LogP contribution in [0, 0.1) is 0 Å². The van der Waals surface area contributed by atoms with E-state index in [4.69, 9.17) is 16.7 Å². The summed E-state index contributed by atoms with van der Waals surface area (Å²) in [5.41, 5.74) is 0. The molecule has 0 aliphatic heterocycles. The van der Waals surface area contributed by atoms with Crippen molar-refractivity contribution in [2.24, 2.45) is 0 Å². The highest BCUT2D eigenvalue weighted by Gasteiger charge is 2.09. The Balaban J connectivity index is 2.24. The summed E-state index contributed by atoms with van der Waals surface area (Å²) >= 11 is 7.44. The summed E-state index contributed by atoms with van der Waals surface area (Å²) in [6.07, 6.45) is 1.94. The average Bonchev–Trinajstić information content (AvgIpc) is 2.40. The van der Waals surface area contributed by atoms with E-state index in [1.165, 1.54) is 0 Å². The van der Waals surface area contributed by atoms with Crippen LogP contribution in [0.25, 0.3) is 0 Å². The van der Waals surface area contributed by atoms with Gasteiger partial charge in [-0.25, -0.2) is 0 Å². The van der Waals surface area contributed by atoms with Gasteiger partial charge in [-0.3, -0.25) is 4.79 Å². The molecule has 3 nitrogen and oxygen atoms in total. The number of aliphatic hydroxyl groups excluding tert-OH is 1. The summed E-state index contributed by atoms with van der Waals surface area (Å²) in [7, 11) is 0. The monoisotopic (exact) mass is 301 g/mol. The number of hydrogen-bond donors (Lipinski definition) is 2. The number of halogens is 1. The van der Waals surface area contributed by atoms with Crippen molar-refractivity contribution in [2.75, 3.05) is 12.4 Å². The maximum absolute atomic E-state index is 11.7. The van der Waals surface area contributed by atoms with Crippen LogP contribution in [0.4, 0.5) is 0 Å². The Morgan fingerprint density at radius 1 is 1.42 bits per heavy atom. The quantitative estimate of drug-likeness (QED) is 0.725. The molecule has 0 saturated carbocycles. The van der Waals surface area contributed by atoms with Gasteiger partial charge in [0.25, 0.3) is 0 Å². The van der Waals surface area contributed by atoms with Crippen molar-refractivity contribution in [1.82, 2.24) is 5.32 Å². The molecule has 1 unspecified atom stereocenters. The summed E-state index contributed by atoms with van der Waals surface area (Å²) in [5.74, 6) is 0.782. The lowest BCUT2D eigenvalue weighted by atomic mass is 10.1. The number of nitrogens with one attached hydrogen (secondary N) is 1. The van der Waals surface area contributed by atoms with E-state index in [2.05, 4.69) is 5.32 Å². The lowest BCUT2D eigenvalue weighted by Gasteiger charge is -2.15. The zero-order valence-electron chi connectivity index (χ0n) is 11.1. The number of carbonyl (C=O) groups is 1. The van der Waals surface area contributed by atoms with Crippen molar-refractivity contribution in [3.8, 4) is 0 Å². The van der Waals surface area contributed by atoms with Crippen LogP contribution >= 0.6 is 23.4 Å². The Bertz CT molecular complexity index is 384. The first-order valence-corrected chi connectivity index (χ1v) is 7.80. The third-order valence-electron chi connectivity index (χ3n) is 2.75. The number of amides is 1. The second-order valence-electron chi connectivity index (χ2n) is 4.24. The van der Waals surface area contributed by atoms with E-state index in [1.807, 2.05) is 31.2 Å². The molecular weight excluding hydrogens is 282 g/mol. The first-order valence-electron chi connectivity index (χ1n) is 6.44. The Labute approximate surface area is 123 Å². The molecule has 19 heavy (non-hydrogen) atoms. The molecule has 1 rings (SSSR count). The van der Waals surface area contributed by atoms with Crippen molar-refractivity contribution >= 4 is 29.3 Å². The van der Waals surface area contributed by atoms with Crippen LogP contribution in [-0.2, 0) is 4.79 Å². The molecule has 0 saturated heterocycles. The highest BCUT2D eigenvalue weighted by Crippen LogP contribution is 2.20. The van der Waals surface area contributed by atoms with Gasteiger partial charge in [-0.1, -0.05) is 18.5 Å². The molecule has 1 aromatic carbocycles. The third-order valence-corrected chi connectivity index (χ3v) is 4.01. The SMILES string of the molecule is CCC(CCO)NC(=O)CCSc1ccc(Cl)cc1. The van der Waals surface area contributed by atoms with Crippen LogP contribution in [0.3, 0.4) is 0 Å². The Morgan fingerprint density at radius 3 is 2.68 bits per heavy atom. The minimum atomic E-state index is 0.0433. The van der Waals surface area contributed by atoms with Crippen LogP contribution in [-0.4, -0.2) is 29.4 Å². The largest absolute Gasteiger partial charge is 0.396 e. The van der Waals surface area contributed by atoms with E-state index in [-0.39, 0.29) is 18.6 Å². The fourth-order valence-electron chi connectivity index (χ4n) is 1.63. The van der Waals surface area contributed by atoms with E-state index in [0.717, 1.165) is 22.1 Å². The predicted octanol–water partition coefficient (Wildman–Crippen LogP) is 3.10. The summed E-state index contributed by atoms with van der Waals surface area (Å²) in [6, 6.07) is 7.67. The second kappa shape index (κ2) is 9.23. The smallest absolute Gasteiger partial charge is 0.221 e. The lowest BCUT2D eigenvalue weighted by molar-refractivity contribution is -0.121. The second-order valence-corrected chi connectivity index (χ2v) is 5.84. The van der Waals surface area contributed by atoms with Crippen molar-refractivity contribution in [3.63, 3.8) is 0 Å². The zero-order chi connectivity index (χ0) is 14.1. The Morgan fingerprint density at radius 2 is 2.11 bits per heavy atom. The molecule has 0 aromatic heterocycles. The molecule has 0 aliphatic carbocycles. The van der Waals surface area contributed by atoms with Gasteiger partial charge in [0, 0.05) is 34.7 Å². The predicted molar refractivity (Wildman–Crippen MR) is 80.7 cm³/mol. The van der Waals surface area contributed by atoms with Gasteiger partial charge in [-0.15, -0.1) is 11.8 Å². The summed E-state index contributed by atoms with van der Waals surface area (Å²) in [5, 5.41) is 12.5. The first kappa shape index (κ1) is 16.3. The standard InChI is InChI=1S/C14H20ClNO2S/c1-2-12(7-9-17)16-14(18)8-10-19-13-5-3-11(15)4-6-13/h3-6,12,17H,2,7-10H2,1H3,(H,16,18). The van der Waals surface area contributed by atoms with Gasteiger partial charge in [-0.2, -0.15) is 0 Å². The minimum absolute atomic E-state index is 0.0433. The molecule has 0 heterocycles. The van der Waals surface area contributed by atoms with Gasteiger partial charge in [0.2, 0.25) is 5.91 Å². The molecule has 1 amide bonds. The minimum Gasteiger partial charge on any atom is -0.396 e. The fourth-order valence-corrected chi connectivity index (χ4v) is 2.60. The van der Waals surface area contributed by atoms with Gasteiger partial charge in [-0.05, 0) is 37.1 Å². The molecule has 0 aliphatic rings. The average molecular weight is 302 g/mol. The van der Waals surface area contributed by atoms with Crippen LogP contribution in [0.15, 0.2) is 29.2 Å². The molecule has 1 atom stereocenters. The normalized spacial score (nSPS) is 12.2. The van der Waals surface area contributed by atoms with E-state index in [1.54, 1.807) is 11.8 Å². The van der Waals surface area contributed by atoms with Crippen molar-refractivity contribution in [1.29, 1.82) is 0 Å². The number of rotatable bonds is 8. The summed E-state index contributed by atoms with van der Waals surface area (Å²) in [4.78, 5) is 12.8. The third kappa shape index (κ3) is 6.85. The van der Waals surface area contributed by atoms with Gasteiger partial charge in [0.15, 0.2) is 0 Å². The molecular formula is C14H20ClNO2S. The number of benzene rings is 1. The number of thioether (sulfide) groups is 1. The van der Waals surface area contributed by atoms with Gasteiger partial charge in [0.1, 0.15) is 0 Å².